The third-order valence-electron chi connectivity index (χ3n) is 2.48. The lowest BCUT2D eigenvalue weighted by Gasteiger charge is -2.10. The highest BCUT2D eigenvalue weighted by atomic mass is 35.5. The molecule has 2 amide bonds. The number of carbonyl (C=O) groups is 2. The summed E-state index contributed by atoms with van der Waals surface area (Å²) in [5.74, 6) is -2.82. The normalized spacial score (nSPS) is 15.3. The topological polar surface area (TPSA) is 91.7 Å². The number of amides is 2. The van der Waals surface area contributed by atoms with Gasteiger partial charge in [-0.25, -0.2) is 0 Å². The lowest BCUT2D eigenvalue weighted by Crippen LogP contribution is -2.20. The van der Waals surface area contributed by atoms with Gasteiger partial charge >= 0.3 is 0 Å². The second kappa shape index (κ2) is 4.41. The van der Waals surface area contributed by atoms with E-state index in [0.717, 1.165) is 12.1 Å². The number of hydrogen-bond acceptors (Lipinski definition) is 4. The molecule has 0 saturated heterocycles. The van der Waals surface area contributed by atoms with Crippen LogP contribution in [0, 0.1) is 0 Å². The molecule has 6 nitrogen and oxygen atoms in total. The number of fused-ring (bicyclic) bond motifs is 1. The maximum Gasteiger partial charge on any atom is 0.295 e. The zero-order chi connectivity index (χ0) is 14.5. The molecule has 1 heterocycles. The van der Waals surface area contributed by atoms with Crippen LogP contribution in [-0.2, 0) is 10.1 Å². The number of imide groups is 1. The molecule has 0 saturated carbocycles. The molecule has 0 bridgehead atoms. The first kappa shape index (κ1) is 14.2. The zero-order valence-electron chi connectivity index (χ0n) is 8.80. The number of benzene rings is 1. The molecule has 102 valence electrons. The van der Waals surface area contributed by atoms with Gasteiger partial charge in [-0.05, 0) is 6.07 Å². The minimum absolute atomic E-state index is 0.318. The van der Waals surface area contributed by atoms with E-state index in [4.69, 9.17) is 27.8 Å². The molecule has 0 aliphatic carbocycles. The van der Waals surface area contributed by atoms with E-state index in [1.807, 2.05) is 0 Å². The number of hydrogen-bond donors (Lipinski definition) is 1. The number of alkyl halides is 2. The van der Waals surface area contributed by atoms with Gasteiger partial charge in [-0.2, -0.15) is 8.42 Å². The Bertz CT molecular complexity index is 703. The zero-order valence-corrected chi connectivity index (χ0v) is 11.1. The highest BCUT2D eigenvalue weighted by Gasteiger charge is 2.42. The molecular formula is C9H4Cl2FNO5S. The summed E-state index contributed by atoms with van der Waals surface area (Å²) < 4.78 is 44.9. The number of rotatable bonds is 2. The van der Waals surface area contributed by atoms with E-state index in [-0.39, 0.29) is 5.56 Å². The molecule has 1 aliphatic rings. The number of nitrogens with zero attached hydrogens (tertiary/aromatic N) is 1. The average Bonchev–Trinajstić information content (AvgIpc) is 2.52. The Labute approximate surface area is 116 Å². The molecule has 19 heavy (non-hydrogen) atoms. The van der Waals surface area contributed by atoms with Gasteiger partial charge in [-0.1, -0.05) is 10.5 Å². The molecule has 0 unspecified atom stereocenters. The van der Waals surface area contributed by atoms with Crippen molar-refractivity contribution >= 4 is 45.1 Å². The van der Waals surface area contributed by atoms with Gasteiger partial charge in [0.2, 0.25) is 0 Å². The van der Waals surface area contributed by atoms with Gasteiger partial charge in [0.1, 0.15) is 9.73 Å². The molecule has 0 aromatic heterocycles. The van der Waals surface area contributed by atoms with Crippen molar-refractivity contribution in [1.82, 2.24) is 5.12 Å². The Hall–Kier alpha value is -1.22. The van der Waals surface area contributed by atoms with Crippen molar-refractivity contribution in [2.45, 2.75) is 9.73 Å². The van der Waals surface area contributed by atoms with E-state index in [1.165, 1.54) is 0 Å². The largest absolute Gasteiger partial charge is 0.295 e. The average molecular weight is 328 g/mol. The summed E-state index contributed by atoms with van der Waals surface area (Å²) in [6.07, 6.45) is 0. The van der Waals surface area contributed by atoms with Crippen LogP contribution < -0.4 is 0 Å². The minimum atomic E-state index is -4.92. The van der Waals surface area contributed by atoms with Crippen LogP contribution in [-0.4, -0.2) is 29.9 Å². The predicted molar refractivity (Wildman–Crippen MR) is 62.3 cm³/mol. The van der Waals surface area contributed by atoms with Gasteiger partial charge < -0.3 is 0 Å². The summed E-state index contributed by atoms with van der Waals surface area (Å²) in [6.45, 7) is 0. The van der Waals surface area contributed by atoms with Crippen LogP contribution in [0.2, 0.25) is 0 Å². The fraction of sp³-hybridized carbons (Fsp3) is 0.111. The van der Waals surface area contributed by atoms with Gasteiger partial charge in [0, 0.05) is 5.56 Å². The third-order valence-corrected chi connectivity index (χ3v) is 3.91. The van der Waals surface area contributed by atoms with E-state index in [1.54, 1.807) is 0 Å². The fourth-order valence-electron chi connectivity index (χ4n) is 1.74. The summed E-state index contributed by atoms with van der Waals surface area (Å²) in [6, 6.07) is 2.04. The van der Waals surface area contributed by atoms with Crippen molar-refractivity contribution in [3.8, 4) is 0 Å². The predicted octanol–water partition coefficient (Wildman–Crippen LogP) is 1.89. The van der Waals surface area contributed by atoms with E-state index in [0.29, 0.717) is 0 Å². The summed E-state index contributed by atoms with van der Waals surface area (Å²) in [7, 11) is -4.92. The van der Waals surface area contributed by atoms with Crippen molar-refractivity contribution in [3.05, 3.63) is 28.8 Å². The second-order valence-corrected chi connectivity index (χ2v) is 6.03. The molecule has 10 heteroatoms. The van der Waals surface area contributed by atoms with Crippen LogP contribution >= 0.6 is 23.2 Å². The fourth-order valence-corrected chi connectivity index (χ4v) is 3.17. The number of carbonyl (C=O) groups excluding carboxylic acids is 2. The quantitative estimate of drug-likeness (QED) is 0.387. The first-order valence-corrected chi connectivity index (χ1v) is 6.94. The van der Waals surface area contributed by atoms with Crippen molar-refractivity contribution in [3.63, 3.8) is 0 Å². The first-order valence-electron chi connectivity index (χ1n) is 4.63. The monoisotopic (exact) mass is 327 g/mol. The standard InChI is InChI=1S/C9H4Cl2FNO5S/c10-7(11)4-2-1-3-5(6(4)19(16,17)18)9(15)13(12)8(3)14/h1-2,7H,(H,16,17,18). The van der Waals surface area contributed by atoms with Crippen molar-refractivity contribution in [2.24, 2.45) is 0 Å². The van der Waals surface area contributed by atoms with Crippen molar-refractivity contribution < 1.29 is 27.0 Å². The molecule has 1 N–H and O–H groups in total. The van der Waals surface area contributed by atoms with Gasteiger partial charge in [-0.15, -0.1) is 28.3 Å². The Kier molecular flexibility index (Phi) is 3.29. The molecule has 0 fully saturated rings. The van der Waals surface area contributed by atoms with E-state index in [2.05, 4.69) is 0 Å². The van der Waals surface area contributed by atoms with E-state index >= 15 is 0 Å². The smallest absolute Gasteiger partial charge is 0.282 e. The van der Waals surface area contributed by atoms with Gasteiger partial charge in [0.15, 0.2) is 0 Å². The molecular weight excluding hydrogens is 324 g/mol. The molecule has 0 radical (unpaired) electrons. The Morgan fingerprint density at radius 2 is 1.79 bits per heavy atom. The summed E-state index contributed by atoms with van der Waals surface area (Å²) >= 11 is 11.0. The molecule has 1 aliphatic heterocycles. The first-order chi connectivity index (χ1) is 8.66. The Morgan fingerprint density at radius 1 is 1.21 bits per heavy atom. The SMILES string of the molecule is O=C1c2ccc(C(Cl)Cl)c(S(=O)(=O)O)c2C(=O)N1F. The van der Waals surface area contributed by atoms with Crippen LogP contribution in [0.4, 0.5) is 4.48 Å². The van der Waals surface area contributed by atoms with Gasteiger partial charge in [0.05, 0.1) is 11.1 Å². The third kappa shape index (κ3) is 2.10. The lowest BCUT2D eigenvalue weighted by atomic mass is 10.1. The van der Waals surface area contributed by atoms with Crippen LogP contribution in [0.15, 0.2) is 17.0 Å². The van der Waals surface area contributed by atoms with Crippen LogP contribution in [0.25, 0.3) is 0 Å². The minimum Gasteiger partial charge on any atom is -0.282 e. The molecule has 0 atom stereocenters. The van der Waals surface area contributed by atoms with E-state index in [9.17, 15) is 22.5 Å². The lowest BCUT2D eigenvalue weighted by molar-refractivity contribution is 0.0228. The van der Waals surface area contributed by atoms with Gasteiger partial charge in [-0.3, -0.25) is 14.1 Å². The molecule has 1 aromatic carbocycles. The van der Waals surface area contributed by atoms with Crippen LogP contribution in [0.5, 0.6) is 0 Å². The van der Waals surface area contributed by atoms with E-state index < -0.39 is 47.9 Å². The maximum atomic E-state index is 13.2. The number of halogens is 3. The van der Waals surface area contributed by atoms with Crippen LogP contribution in [0.1, 0.15) is 31.1 Å². The molecule has 0 spiro atoms. The maximum absolute atomic E-state index is 13.2. The van der Waals surface area contributed by atoms with Crippen LogP contribution in [0.3, 0.4) is 0 Å². The Balaban J connectivity index is 2.92. The highest BCUT2D eigenvalue weighted by Crippen LogP contribution is 2.37. The molecule has 2 rings (SSSR count). The van der Waals surface area contributed by atoms with Crippen molar-refractivity contribution in [2.75, 3.05) is 0 Å². The highest BCUT2D eigenvalue weighted by molar-refractivity contribution is 7.86. The summed E-state index contributed by atoms with van der Waals surface area (Å²) in [5, 5.41) is -0.749. The summed E-state index contributed by atoms with van der Waals surface area (Å²) in [4.78, 5) is 20.5. The second-order valence-electron chi connectivity index (χ2n) is 3.57. The molecule has 1 aromatic rings. The van der Waals surface area contributed by atoms with Gasteiger partial charge in [0.25, 0.3) is 21.9 Å². The van der Waals surface area contributed by atoms with Crippen molar-refractivity contribution in [1.29, 1.82) is 0 Å². The Morgan fingerprint density at radius 3 is 2.26 bits per heavy atom. The summed E-state index contributed by atoms with van der Waals surface area (Å²) in [5.41, 5.74) is -1.59.